The molecule has 0 fully saturated rings. The van der Waals surface area contributed by atoms with Gasteiger partial charge in [-0.1, -0.05) is 24.3 Å². The lowest BCUT2D eigenvalue weighted by Gasteiger charge is -2.08. The number of alkyl halides is 6. The van der Waals surface area contributed by atoms with Crippen molar-refractivity contribution in [2.24, 2.45) is 5.73 Å². The third-order valence-corrected chi connectivity index (χ3v) is 5.13. The lowest BCUT2D eigenvalue weighted by atomic mass is 10.1. The van der Waals surface area contributed by atoms with Gasteiger partial charge in [0.1, 0.15) is 0 Å². The quantitative estimate of drug-likeness (QED) is 0.208. The number of aromatic nitrogens is 4. The zero-order chi connectivity index (χ0) is 27.0. The number of carbonyl (C=O) groups is 1. The van der Waals surface area contributed by atoms with E-state index in [4.69, 9.17) is 5.73 Å². The van der Waals surface area contributed by atoms with E-state index in [9.17, 15) is 35.5 Å². The first-order chi connectivity index (χ1) is 17.3. The number of benzene rings is 2. The second kappa shape index (κ2) is 9.48. The predicted molar refractivity (Wildman–Crippen MR) is 118 cm³/mol. The molecule has 37 heavy (non-hydrogen) atoms. The van der Waals surface area contributed by atoms with Gasteiger partial charge in [0, 0.05) is 29.1 Å². The Kier molecular flexibility index (Phi) is 6.55. The van der Waals surface area contributed by atoms with Gasteiger partial charge in [0.05, 0.1) is 16.7 Å². The van der Waals surface area contributed by atoms with E-state index in [1.165, 1.54) is 6.07 Å². The summed E-state index contributed by atoms with van der Waals surface area (Å²) in [6.45, 7) is 0. The third kappa shape index (κ3) is 5.66. The fraction of sp³-hybridized carbons (Fsp3) is 0.0833. The first-order valence-corrected chi connectivity index (χ1v) is 10.3. The molecule has 2 aromatic heterocycles. The number of hydrogen-bond acceptors (Lipinski definition) is 4. The molecule has 13 heteroatoms. The molecule has 6 nitrogen and oxygen atoms in total. The Morgan fingerprint density at radius 1 is 0.811 bits per heavy atom. The Morgan fingerprint density at radius 2 is 1.35 bits per heavy atom. The summed E-state index contributed by atoms with van der Waals surface area (Å²) in [5, 5.41) is 4.21. The summed E-state index contributed by atoms with van der Waals surface area (Å²) >= 11 is 0. The number of rotatable bonds is 5. The van der Waals surface area contributed by atoms with Crippen molar-refractivity contribution in [2.75, 3.05) is 0 Å². The molecular weight excluding hydrogens is 507 g/mol. The number of pyridine rings is 1. The van der Waals surface area contributed by atoms with Gasteiger partial charge in [-0.3, -0.25) is 4.79 Å². The summed E-state index contributed by atoms with van der Waals surface area (Å²) < 4.78 is 92.1. The van der Waals surface area contributed by atoms with E-state index in [2.05, 4.69) is 15.1 Å². The van der Waals surface area contributed by atoms with Crippen LogP contribution in [-0.2, 0) is 17.1 Å². The molecule has 0 aliphatic rings. The first-order valence-electron chi connectivity index (χ1n) is 10.3. The normalized spacial score (nSPS) is 12.6. The predicted octanol–water partition coefficient (Wildman–Crippen LogP) is 5.67. The van der Waals surface area contributed by atoms with Crippen molar-refractivity contribution >= 4 is 17.7 Å². The largest absolute Gasteiger partial charge is 0.416 e. The molecule has 2 N–H and O–H groups in total. The van der Waals surface area contributed by atoms with Crippen molar-refractivity contribution in [3.63, 3.8) is 0 Å². The van der Waals surface area contributed by atoms with Crippen LogP contribution in [0.3, 0.4) is 0 Å². The van der Waals surface area contributed by atoms with Crippen LogP contribution in [0.1, 0.15) is 16.7 Å². The molecule has 0 unspecified atom stereocenters. The fourth-order valence-corrected chi connectivity index (χ4v) is 3.29. The Labute approximate surface area is 203 Å². The molecule has 0 saturated heterocycles. The molecule has 4 rings (SSSR count). The molecule has 4 aromatic rings. The molecule has 190 valence electrons. The van der Waals surface area contributed by atoms with Gasteiger partial charge in [0.2, 0.25) is 5.95 Å². The standard InChI is InChI=1S/C24H14F7N5O/c25-19-10-5-15(11-33-19)18(20(32)37)12-36-22(14-3-8-17(9-4-14)24(29,30)31)34-21(35-36)13-1-6-16(7-2-13)23(26,27)28/h1-12H,(H2,32,37). The zero-order valence-corrected chi connectivity index (χ0v) is 18.3. The van der Waals surface area contributed by atoms with Gasteiger partial charge >= 0.3 is 12.4 Å². The van der Waals surface area contributed by atoms with E-state index < -0.39 is 35.3 Å². The lowest BCUT2D eigenvalue weighted by Crippen LogP contribution is -2.14. The van der Waals surface area contributed by atoms with Crippen LogP contribution in [0.25, 0.3) is 34.5 Å². The summed E-state index contributed by atoms with van der Waals surface area (Å²) in [7, 11) is 0. The summed E-state index contributed by atoms with van der Waals surface area (Å²) in [6, 6.07) is 9.98. The fourth-order valence-electron chi connectivity index (χ4n) is 3.29. The van der Waals surface area contributed by atoms with Crippen LogP contribution in [0.4, 0.5) is 30.7 Å². The van der Waals surface area contributed by atoms with E-state index >= 15 is 0 Å². The van der Waals surface area contributed by atoms with Gasteiger partial charge in [0.25, 0.3) is 5.91 Å². The highest BCUT2D eigenvalue weighted by Gasteiger charge is 2.31. The minimum absolute atomic E-state index is 0.0440. The van der Waals surface area contributed by atoms with Gasteiger partial charge in [-0.15, -0.1) is 5.10 Å². The Morgan fingerprint density at radius 3 is 1.81 bits per heavy atom. The van der Waals surface area contributed by atoms with Crippen LogP contribution in [0.15, 0.2) is 66.9 Å². The number of amides is 1. The average Bonchev–Trinajstić information content (AvgIpc) is 3.26. The van der Waals surface area contributed by atoms with Crippen LogP contribution < -0.4 is 5.73 Å². The van der Waals surface area contributed by atoms with Crippen LogP contribution in [0, 0.1) is 5.95 Å². The number of hydrogen-bond donors (Lipinski definition) is 1. The second-order valence-electron chi connectivity index (χ2n) is 7.63. The van der Waals surface area contributed by atoms with Crippen LogP contribution >= 0.6 is 0 Å². The van der Waals surface area contributed by atoms with Gasteiger partial charge in [-0.2, -0.15) is 30.7 Å². The number of carbonyl (C=O) groups excluding carboxylic acids is 1. The zero-order valence-electron chi connectivity index (χ0n) is 18.3. The molecule has 0 spiro atoms. The van der Waals surface area contributed by atoms with E-state index in [1.807, 2.05) is 0 Å². The molecular formula is C24H14F7N5O. The van der Waals surface area contributed by atoms with Gasteiger partial charge < -0.3 is 5.73 Å². The summed E-state index contributed by atoms with van der Waals surface area (Å²) in [5.41, 5.74) is 3.87. The monoisotopic (exact) mass is 521 g/mol. The molecule has 1 amide bonds. The van der Waals surface area contributed by atoms with Crippen LogP contribution in [0.5, 0.6) is 0 Å². The average molecular weight is 521 g/mol. The van der Waals surface area contributed by atoms with Gasteiger partial charge in [-0.25, -0.2) is 14.6 Å². The van der Waals surface area contributed by atoms with E-state index in [0.29, 0.717) is 0 Å². The smallest absolute Gasteiger partial charge is 0.366 e. The molecule has 0 saturated carbocycles. The van der Waals surface area contributed by atoms with Gasteiger partial charge in [0.15, 0.2) is 11.6 Å². The van der Waals surface area contributed by atoms with Crippen molar-refractivity contribution in [2.45, 2.75) is 12.4 Å². The minimum Gasteiger partial charge on any atom is -0.366 e. The number of nitrogens with zero attached hydrogens (tertiary/aromatic N) is 4. The third-order valence-electron chi connectivity index (χ3n) is 5.13. The van der Waals surface area contributed by atoms with E-state index in [1.54, 1.807) is 0 Å². The summed E-state index contributed by atoms with van der Waals surface area (Å²) in [4.78, 5) is 19.9. The van der Waals surface area contributed by atoms with Crippen molar-refractivity contribution in [1.82, 2.24) is 19.7 Å². The van der Waals surface area contributed by atoms with Crippen molar-refractivity contribution in [3.05, 3.63) is 89.5 Å². The Hall–Kier alpha value is -4.55. The Balaban J connectivity index is 1.86. The number of halogens is 7. The highest BCUT2D eigenvalue weighted by Crippen LogP contribution is 2.33. The molecule has 0 aliphatic heterocycles. The maximum atomic E-state index is 13.2. The van der Waals surface area contributed by atoms with Crippen LogP contribution in [0.2, 0.25) is 0 Å². The molecule has 0 atom stereocenters. The maximum absolute atomic E-state index is 13.2. The second-order valence-corrected chi connectivity index (χ2v) is 7.63. The van der Waals surface area contributed by atoms with Gasteiger partial charge in [-0.05, 0) is 36.4 Å². The molecule has 0 radical (unpaired) electrons. The molecule has 0 aliphatic carbocycles. The highest BCUT2D eigenvalue weighted by atomic mass is 19.4. The first kappa shape index (κ1) is 25.5. The van der Waals surface area contributed by atoms with E-state index in [-0.39, 0.29) is 33.9 Å². The molecule has 0 bridgehead atoms. The maximum Gasteiger partial charge on any atom is 0.416 e. The number of primary amides is 1. The summed E-state index contributed by atoms with van der Waals surface area (Å²) in [6.07, 6.45) is -7.01. The van der Waals surface area contributed by atoms with Crippen molar-refractivity contribution < 1.29 is 35.5 Å². The minimum atomic E-state index is -4.59. The van der Waals surface area contributed by atoms with E-state index in [0.717, 1.165) is 71.7 Å². The van der Waals surface area contributed by atoms with Crippen molar-refractivity contribution in [3.8, 4) is 22.8 Å². The van der Waals surface area contributed by atoms with Crippen molar-refractivity contribution in [1.29, 1.82) is 0 Å². The summed E-state index contributed by atoms with van der Waals surface area (Å²) in [5.74, 6) is -1.90. The molecule has 2 aromatic carbocycles. The number of nitrogens with two attached hydrogens (primary N) is 1. The Bertz CT molecular complexity index is 1450. The highest BCUT2D eigenvalue weighted by molar-refractivity contribution is 6.22. The van der Waals surface area contributed by atoms with Crippen LogP contribution in [-0.4, -0.2) is 25.7 Å². The topological polar surface area (TPSA) is 86.7 Å². The lowest BCUT2D eigenvalue weighted by molar-refractivity contribution is -0.138. The molecule has 2 heterocycles. The SMILES string of the molecule is NC(=O)C(=Cn1nc(-c2ccc(C(F)(F)F)cc2)nc1-c1ccc(C(F)(F)F)cc1)c1ccc(F)nc1.